The minimum absolute atomic E-state index is 0.0345. The third-order valence-corrected chi connectivity index (χ3v) is 2.08. The molecule has 0 amide bonds. The van der Waals surface area contributed by atoms with E-state index in [9.17, 15) is 14.9 Å². The number of benzene rings is 1. The van der Waals surface area contributed by atoms with E-state index in [-0.39, 0.29) is 16.9 Å². The van der Waals surface area contributed by atoms with Crippen LogP contribution >= 0.6 is 0 Å². The molecule has 0 fully saturated rings. The van der Waals surface area contributed by atoms with Crippen molar-refractivity contribution in [3.63, 3.8) is 0 Å². The topological polar surface area (TPSA) is 116 Å². The van der Waals surface area contributed by atoms with E-state index >= 15 is 0 Å². The first-order valence-electron chi connectivity index (χ1n) is 4.63. The molecule has 0 aromatic heterocycles. The maximum Gasteiger partial charge on any atom is 0.325 e. The highest BCUT2D eigenvalue weighted by Gasteiger charge is 2.15. The Balaban J connectivity index is 3.06. The first-order valence-corrected chi connectivity index (χ1v) is 4.63. The van der Waals surface area contributed by atoms with Crippen LogP contribution in [0, 0.1) is 21.4 Å². The van der Waals surface area contributed by atoms with E-state index in [1.165, 1.54) is 19.1 Å². The van der Waals surface area contributed by atoms with Crippen molar-refractivity contribution in [2.45, 2.75) is 13.0 Å². The Morgan fingerprint density at radius 1 is 1.65 bits per heavy atom. The van der Waals surface area contributed by atoms with Crippen LogP contribution in [-0.2, 0) is 4.79 Å². The molecule has 17 heavy (non-hydrogen) atoms. The summed E-state index contributed by atoms with van der Waals surface area (Å²) in [6, 6.07) is 4.51. The maximum absolute atomic E-state index is 10.6. The average molecular weight is 235 g/mol. The molecule has 0 aliphatic carbocycles. The van der Waals surface area contributed by atoms with Gasteiger partial charge in [-0.15, -0.1) is 0 Å². The zero-order valence-electron chi connectivity index (χ0n) is 8.88. The fourth-order valence-electron chi connectivity index (χ4n) is 1.16. The van der Waals surface area contributed by atoms with E-state index in [1.807, 2.05) is 0 Å². The van der Waals surface area contributed by atoms with Gasteiger partial charge in [0.1, 0.15) is 12.1 Å². The first kappa shape index (κ1) is 12.4. The number of aliphatic carboxylic acids is 1. The number of carbonyl (C=O) groups is 1. The Hall–Kier alpha value is -2.62. The molecule has 0 heterocycles. The Morgan fingerprint density at radius 3 is 2.76 bits per heavy atom. The van der Waals surface area contributed by atoms with E-state index in [1.54, 1.807) is 6.07 Å². The second-order valence-electron chi connectivity index (χ2n) is 3.30. The molecular formula is C10H9N3O4. The quantitative estimate of drug-likeness (QED) is 0.601. The summed E-state index contributed by atoms with van der Waals surface area (Å²) in [5.74, 6) is -1.08. The van der Waals surface area contributed by atoms with Gasteiger partial charge in [0.15, 0.2) is 0 Å². The van der Waals surface area contributed by atoms with Gasteiger partial charge in [-0.05, 0) is 13.0 Å². The van der Waals surface area contributed by atoms with Gasteiger partial charge in [0.2, 0.25) is 0 Å². The molecule has 2 N–H and O–H groups in total. The fourth-order valence-corrected chi connectivity index (χ4v) is 1.16. The Labute approximate surface area is 96.4 Å². The van der Waals surface area contributed by atoms with Gasteiger partial charge in [-0.25, -0.2) is 0 Å². The molecule has 7 nitrogen and oxygen atoms in total. The predicted octanol–water partition coefficient (Wildman–Crippen LogP) is 1.35. The van der Waals surface area contributed by atoms with E-state index in [0.717, 1.165) is 6.07 Å². The highest BCUT2D eigenvalue weighted by Crippen LogP contribution is 2.21. The molecule has 0 aliphatic heterocycles. The normalized spacial score (nSPS) is 11.3. The SMILES string of the molecule is CC(Nc1ccc([N+](=O)[O-])cc1C#N)C(=O)O. The Morgan fingerprint density at radius 2 is 2.29 bits per heavy atom. The van der Waals surface area contributed by atoms with Gasteiger partial charge in [0, 0.05) is 12.1 Å². The second-order valence-corrected chi connectivity index (χ2v) is 3.30. The number of hydrogen-bond acceptors (Lipinski definition) is 5. The number of nitrogens with zero attached hydrogens (tertiary/aromatic N) is 2. The minimum Gasteiger partial charge on any atom is -0.480 e. The van der Waals surface area contributed by atoms with Crippen molar-refractivity contribution in [3.8, 4) is 6.07 Å². The van der Waals surface area contributed by atoms with Crippen LogP contribution in [0.2, 0.25) is 0 Å². The van der Waals surface area contributed by atoms with Crippen molar-refractivity contribution < 1.29 is 14.8 Å². The van der Waals surface area contributed by atoms with Crippen molar-refractivity contribution in [2.75, 3.05) is 5.32 Å². The molecule has 7 heteroatoms. The molecule has 1 atom stereocenters. The summed E-state index contributed by atoms with van der Waals surface area (Å²) in [5, 5.41) is 30.6. The lowest BCUT2D eigenvalue weighted by atomic mass is 10.1. The van der Waals surface area contributed by atoms with E-state index < -0.39 is 16.9 Å². The number of nitriles is 1. The van der Waals surface area contributed by atoms with Gasteiger partial charge in [0.05, 0.1) is 16.2 Å². The van der Waals surface area contributed by atoms with Gasteiger partial charge in [-0.2, -0.15) is 5.26 Å². The largest absolute Gasteiger partial charge is 0.480 e. The zero-order chi connectivity index (χ0) is 13.0. The van der Waals surface area contributed by atoms with Crippen LogP contribution in [-0.4, -0.2) is 22.0 Å². The summed E-state index contributed by atoms with van der Waals surface area (Å²) >= 11 is 0. The highest BCUT2D eigenvalue weighted by molar-refractivity contribution is 5.78. The van der Waals surface area contributed by atoms with E-state index in [0.29, 0.717) is 0 Å². The number of carboxylic acids is 1. The molecule has 1 unspecified atom stereocenters. The zero-order valence-corrected chi connectivity index (χ0v) is 8.88. The average Bonchev–Trinajstić information content (AvgIpc) is 2.28. The monoisotopic (exact) mass is 235 g/mol. The number of anilines is 1. The van der Waals surface area contributed by atoms with Crippen molar-refractivity contribution in [1.82, 2.24) is 0 Å². The summed E-state index contributed by atoms with van der Waals surface area (Å²) < 4.78 is 0. The van der Waals surface area contributed by atoms with Gasteiger partial charge in [-0.3, -0.25) is 14.9 Å². The number of rotatable bonds is 4. The lowest BCUT2D eigenvalue weighted by Crippen LogP contribution is -2.25. The molecular weight excluding hydrogens is 226 g/mol. The second kappa shape index (κ2) is 4.94. The third-order valence-electron chi connectivity index (χ3n) is 2.08. The Bertz CT molecular complexity index is 507. The standard InChI is InChI=1S/C10H9N3O4/c1-6(10(14)15)12-9-3-2-8(13(16)17)4-7(9)5-11/h2-4,6,12H,1H3,(H,14,15). The first-order chi connectivity index (χ1) is 7.95. The molecule has 0 radical (unpaired) electrons. The van der Waals surface area contributed by atoms with Crippen LogP contribution in [0.4, 0.5) is 11.4 Å². The molecule has 0 saturated carbocycles. The van der Waals surface area contributed by atoms with Crippen molar-refractivity contribution in [3.05, 3.63) is 33.9 Å². The van der Waals surface area contributed by atoms with Gasteiger partial charge in [-0.1, -0.05) is 0 Å². The number of nitrogens with one attached hydrogen (secondary N) is 1. The minimum atomic E-state index is -1.08. The number of non-ortho nitro benzene ring substituents is 1. The van der Waals surface area contributed by atoms with E-state index in [2.05, 4.69) is 5.32 Å². The summed E-state index contributed by atoms with van der Waals surface area (Å²) in [7, 11) is 0. The van der Waals surface area contributed by atoms with Crippen molar-refractivity contribution >= 4 is 17.3 Å². The molecule has 1 aromatic carbocycles. The van der Waals surface area contributed by atoms with Crippen molar-refractivity contribution in [2.24, 2.45) is 0 Å². The van der Waals surface area contributed by atoms with Crippen molar-refractivity contribution in [1.29, 1.82) is 5.26 Å². The van der Waals surface area contributed by atoms with Gasteiger partial charge < -0.3 is 10.4 Å². The highest BCUT2D eigenvalue weighted by atomic mass is 16.6. The number of nitro benzene ring substituents is 1. The summed E-state index contributed by atoms with van der Waals surface area (Å²) in [5.41, 5.74) is 0.0791. The van der Waals surface area contributed by atoms with Crippen LogP contribution in [0.15, 0.2) is 18.2 Å². The third kappa shape index (κ3) is 2.92. The van der Waals surface area contributed by atoms with Crippen LogP contribution in [0.1, 0.15) is 12.5 Å². The smallest absolute Gasteiger partial charge is 0.325 e. The van der Waals surface area contributed by atoms with Crippen LogP contribution in [0.25, 0.3) is 0 Å². The van der Waals surface area contributed by atoms with Gasteiger partial charge >= 0.3 is 5.97 Å². The summed E-state index contributed by atoms with van der Waals surface area (Å²) in [4.78, 5) is 20.5. The maximum atomic E-state index is 10.6. The molecule has 0 bridgehead atoms. The number of nitro groups is 1. The molecule has 0 spiro atoms. The lowest BCUT2D eigenvalue weighted by molar-refractivity contribution is -0.384. The Kier molecular flexibility index (Phi) is 3.62. The lowest BCUT2D eigenvalue weighted by Gasteiger charge is -2.11. The molecule has 1 rings (SSSR count). The van der Waals surface area contributed by atoms with E-state index in [4.69, 9.17) is 10.4 Å². The molecule has 0 saturated heterocycles. The molecule has 1 aromatic rings. The number of carboxylic acid groups (broad SMARTS) is 1. The van der Waals surface area contributed by atoms with Crippen LogP contribution < -0.4 is 5.32 Å². The fraction of sp³-hybridized carbons (Fsp3) is 0.200. The van der Waals surface area contributed by atoms with Crippen LogP contribution in [0.5, 0.6) is 0 Å². The van der Waals surface area contributed by atoms with Gasteiger partial charge in [0.25, 0.3) is 5.69 Å². The summed E-state index contributed by atoms with van der Waals surface area (Å²) in [6.45, 7) is 1.41. The van der Waals surface area contributed by atoms with Crippen LogP contribution in [0.3, 0.4) is 0 Å². The molecule has 88 valence electrons. The number of hydrogen-bond donors (Lipinski definition) is 2. The molecule has 0 aliphatic rings. The summed E-state index contributed by atoms with van der Waals surface area (Å²) in [6.07, 6.45) is 0. The predicted molar refractivity (Wildman–Crippen MR) is 58.5 cm³/mol.